The van der Waals surface area contributed by atoms with Gasteiger partial charge in [0.15, 0.2) is 0 Å². The Labute approximate surface area is 227 Å². The first-order chi connectivity index (χ1) is 18.2. The molecule has 3 amide bonds. The van der Waals surface area contributed by atoms with E-state index >= 15 is 0 Å². The van der Waals surface area contributed by atoms with Crippen molar-refractivity contribution in [1.82, 2.24) is 14.5 Å². The number of nitrogens with one attached hydrogen (secondary N) is 1. The van der Waals surface area contributed by atoms with Gasteiger partial charge in [0, 0.05) is 31.1 Å². The van der Waals surface area contributed by atoms with E-state index in [2.05, 4.69) is 5.32 Å². The highest BCUT2D eigenvalue weighted by molar-refractivity contribution is 7.89. The molecular weight excluding hydrogens is 526 g/mol. The average molecular weight is 554 g/mol. The van der Waals surface area contributed by atoms with Crippen LogP contribution in [0.2, 0.25) is 5.02 Å². The number of carbonyl (C=O) groups excluding carboxylic acids is 3. The van der Waals surface area contributed by atoms with E-state index in [4.69, 9.17) is 11.6 Å². The number of nitrogens with zero attached hydrogens (tertiary/aromatic N) is 2. The highest BCUT2D eigenvalue weighted by Gasteiger charge is 2.40. The largest absolute Gasteiger partial charge is 0.352 e. The lowest BCUT2D eigenvalue weighted by Gasteiger charge is -2.23. The van der Waals surface area contributed by atoms with Crippen LogP contribution in [0.15, 0.2) is 89.8 Å². The summed E-state index contributed by atoms with van der Waals surface area (Å²) in [5.74, 6) is -2.25. The quantitative estimate of drug-likeness (QED) is 0.438. The lowest BCUT2D eigenvalue weighted by atomic mass is 9.98. The van der Waals surface area contributed by atoms with E-state index in [-0.39, 0.29) is 36.7 Å². The van der Waals surface area contributed by atoms with Crippen LogP contribution in [0.3, 0.4) is 0 Å². The Hall–Kier alpha value is -3.69. The summed E-state index contributed by atoms with van der Waals surface area (Å²) in [6.45, 7) is -0.214. The molecule has 1 atom stereocenters. The Morgan fingerprint density at radius 1 is 0.895 bits per heavy atom. The van der Waals surface area contributed by atoms with Gasteiger partial charge in [-0.1, -0.05) is 72.3 Å². The van der Waals surface area contributed by atoms with Gasteiger partial charge in [0.2, 0.25) is 17.7 Å². The zero-order chi connectivity index (χ0) is 27.1. The number of hydrogen-bond acceptors (Lipinski definition) is 5. The van der Waals surface area contributed by atoms with E-state index in [1.807, 2.05) is 60.7 Å². The molecule has 10 heteroatoms. The molecule has 0 saturated carbocycles. The van der Waals surface area contributed by atoms with Gasteiger partial charge >= 0.3 is 0 Å². The van der Waals surface area contributed by atoms with E-state index in [9.17, 15) is 22.8 Å². The number of sulfonamides is 1. The van der Waals surface area contributed by atoms with Crippen molar-refractivity contribution in [2.24, 2.45) is 5.92 Å². The monoisotopic (exact) mass is 553 g/mol. The number of halogens is 1. The Morgan fingerprint density at radius 2 is 1.50 bits per heavy atom. The van der Waals surface area contributed by atoms with Gasteiger partial charge in [-0.05, 0) is 41.8 Å². The number of amides is 3. The van der Waals surface area contributed by atoms with Crippen LogP contribution in [-0.2, 0) is 37.4 Å². The third-order valence-electron chi connectivity index (χ3n) is 6.34. The van der Waals surface area contributed by atoms with Crippen molar-refractivity contribution in [2.75, 3.05) is 19.6 Å². The van der Waals surface area contributed by atoms with Crippen LogP contribution < -0.4 is 5.32 Å². The van der Waals surface area contributed by atoms with Gasteiger partial charge in [-0.2, -0.15) is 0 Å². The average Bonchev–Trinajstić information content (AvgIpc) is 3.04. The predicted octanol–water partition coefficient (Wildman–Crippen LogP) is 3.26. The van der Waals surface area contributed by atoms with Crippen LogP contribution in [0.4, 0.5) is 0 Å². The molecule has 1 fully saturated rings. The molecule has 1 unspecified atom stereocenters. The van der Waals surface area contributed by atoms with Gasteiger partial charge in [-0.25, -0.2) is 12.7 Å². The van der Waals surface area contributed by atoms with E-state index in [1.54, 1.807) is 0 Å². The normalized spacial score (nSPS) is 16.3. The van der Waals surface area contributed by atoms with Gasteiger partial charge in [0.05, 0.1) is 10.8 Å². The van der Waals surface area contributed by atoms with Crippen molar-refractivity contribution in [3.63, 3.8) is 0 Å². The second kappa shape index (κ2) is 12.2. The zero-order valence-corrected chi connectivity index (χ0v) is 22.2. The first kappa shape index (κ1) is 27.3. The number of benzene rings is 3. The zero-order valence-electron chi connectivity index (χ0n) is 20.6. The fourth-order valence-electron chi connectivity index (χ4n) is 4.28. The second-order valence-corrected chi connectivity index (χ2v) is 11.3. The van der Waals surface area contributed by atoms with E-state index in [0.717, 1.165) is 11.1 Å². The number of rotatable bonds is 9. The Kier molecular flexibility index (Phi) is 8.81. The Bertz CT molecular complexity index is 1380. The summed E-state index contributed by atoms with van der Waals surface area (Å²) in [6, 6.07) is 24.1. The smallest absolute Gasteiger partial charge is 0.266 e. The summed E-state index contributed by atoms with van der Waals surface area (Å²) in [5, 5.41) is 3.18. The number of hydrogen-bond donors (Lipinski definition) is 1. The van der Waals surface area contributed by atoms with Gasteiger partial charge in [0.25, 0.3) is 10.0 Å². The molecule has 38 heavy (non-hydrogen) atoms. The van der Waals surface area contributed by atoms with Crippen molar-refractivity contribution in [3.05, 3.63) is 101 Å². The Morgan fingerprint density at radius 3 is 2.13 bits per heavy atom. The molecule has 8 nitrogen and oxygen atoms in total. The van der Waals surface area contributed by atoms with Gasteiger partial charge in [0.1, 0.15) is 6.54 Å². The minimum atomic E-state index is -4.31. The van der Waals surface area contributed by atoms with E-state index in [0.29, 0.717) is 15.9 Å². The Balaban J connectivity index is 1.52. The molecule has 1 heterocycles. The number of carbonyl (C=O) groups is 3. The van der Waals surface area contributed by atoms with Crippen molar-refractivity contribution in [2.45, 2.75) is 24.3 Å². The summed E-state index contributed by atoms with van der Waals surface area (Å²) in [5.41, 5.74) is 1.79. The highest BCUT2D eigenvalue weighted by atomic mass is 35.5. The van der Waals surface area contributed by atoms with Crippen LogP contribution in [0, 0.1) is 5.92 Å². The van der Waals surface area contributed by atoms with Crippen LogP contribution in [0.25, 0.3) is 0 Å². The lowest BCUT2D eigenvalue weighted by molar-refractivity contribution is -0.133. The van der Waals surface area contributed by atoms with Crippen LogP contribution in [-0.4, -0.2) is 55.0 Å². The predicted molar refractivity (Wildman–Crippen MR) is 143 cm³/mol. The second-order valence-electron chi connectivity index (χ2n) is 9.04. The van der Waals surface area contributed by atoms with Crippen molar-refractivity contribution >= 4 is 39.3 Å². The molecule has 1 N–H and O–H groups in total. The molecule has 0 aromatic heterocycles. The van der Waals surface area contributed by atoms with E-state index in [1.165, 1.54) is 29.2 Å². The fourth-order valence-corrected chi connectivity index (χ4v) is 5.80. The molecule has 1 saturated heterocycles. The summed E-state index contributed by atoms with van der Waals surface area (Å²) in [4.78, 5) is 40.6. The molecule has 0 radical (unpaired) electrons. The fraction of sp³-hybridized carbons (Fsp3) is 0.250. The maximum absolute atomic E-state index is 13.6. The highest BCUT2D eigenvalue weighted by Crippen LogP contribution is 2.25. The lowest BCUT2D eigenvalue weighted by Crippen LogP contribution is -2.42. The van der Waals surface area contributed by atoms with Crippen molar-refractivity contribution in [3.8, 4) is 0 Å². The van der Waals surface area contributed by atoms with Gasteiger partial charge in [-0.3, -0.25) is 14.4 Å². The SMILES string of the molecule is O=C(CCN1CC(Cc2ccccc2)C(=O)N(S(=O)(=O)c2ccc(Cl)cc2)CC1=O)NCc1ccccc1. The minimum absolute atomic E-state index is 0.00512. The molecule has 3 aromatic rings. The summed E-state index contributed by atoms with van der Waals surface area (Å²) < 4.78 is 27.5. The van der Waals surface area contributed by atoms with Gasteiger partial charge < -0.3 is 10.2 Å². The van der Waals surface area contributed by atoms with Crippen LogP contribution in [0.1, 0.15) is 17.5 Å². The molecule has 198 valence electrons. The maximum Gasteiger partial charge on any atom is 0.266 e. The molecule has 1 aliphatic heterocycles. The molecule has 3 aromatic carbocycles. The van der Waals surface area contributed by atoms with Crippen molar-refractivity contribution < 1.29 is 22.8 Å². The molecule has 0 spiro atoms. The molecule has 1 aliphatic rings. The topological polar surface area (TPSA) is 104 Å². The first-order valence-corrected chi connectivity index (χ1v) is 14.0. The van der Waals surface area contributed by atoms with Crippen molar-refractivity contribution in [1.29, 1.82) is 0 Å². The first-order valence-electron chi connectivity index (χ1n) is 12.2. The maximum atomic E-state index is 13.6. The minimum Gasteiger partial charge on any atom is -0.352 e. The van der Waals surface area contributed by atoms with E-state index < -0.39 is 34.3 Å². The third kappa shape index (κ3) is 6.79. The summed E-state index contributed by atoms with van der Waals surface area (Å²) >= 11 is 5.91. The summed E-state index contributed by atoms with van der Waals surface area (Å²) in [6.07, 6.45) is 0.269. The molecule has 4 rings (SSSR count). The third-order valence-corrected chi connectivity index (χ3v) is 8.34. The van der Waals surface area contributed by atoms with Crippen LogP contribution in [0.5, 0.6) is 0 Å². The standard InChI is InChI=1S/C28H28ClN3O5S/c29-24-11-13-25(14-12-24)38(36,37)32-20-27(34)31(16-15-26(33)30-18-22-9-5-2-6-10-22)19-23(28(32)35)17-21-7-3-1-4-8-21/h1-14,23H,15-20H2,(H,30,33). The molecule has 0 bridgehead atoms. The molecular formula is C28H28ClN3O5S. The molecule has 0 aliphatic carbocycles. The van der Waals surface area contributed by atoms with Crippen LogP contribution >= 0.6 is 11.6 Å². The van der Waals surface area contributed by atoms with Gasteiger partial charge in [-0.15, -0.1) is 0 Å². The summed E-state index contributed by atoms with van der Waals surface area (Å²) in [7, 11) is -4.31.